The van der Waals surface area contributed by atoms with Crippen molar-refractivity contribution < 1.29 is 14.3 Å². The number of carbonyl (C=O) groups excluding carboxylic acids is 2. The summed E-state index contributed by atoms with van der Waals surface area (Å²) in [6.07, 6.45) is 2.04. The van der Waals surface area contributed by atoms with Crippen LogP contribution in [-0.4, -0.2) is 31.1 Å². The third kappa shape index (κ3) is 4.15. The standard InChI is InChI=1S/C19H28N2O3/c1-12-9-13(2)16(14(3)10-12)21-18(23)19(4,5)17(22)20-11-15-7-6-8-24-15/h9-10,15H,6-8,11H2,1-5H3,(H,20,22)(H,21,23). The van der Waals surface area contributed by atoms with Gasteiger partial charge in [-0.25, -0.2) is 0 Å². The Morgan fingerprint density at radius 1 is 1.17 bits per heavy atom. The topological polar surface area (TPSA) is 67.4 Å². The molecule has 0 bridgehead atoms. The Morgan fingerprint density at radius 3 is 2.33 bits per heavy atom. The number of hydrogen-bond acceptors (Lipinski definition) is 3. The van der Waals surface area contributed by atoms with E-state index in [1.807, 2.05) is 32.9 Å². The van der Waals surface area contributed by atoms with E-state index in [0.717, 1.165) is 41.8 Å². The van der Waals surface area contributed by atoms with E-state index in [1.165, 1.54) is 0 Å². The molecule has 0 aliphatic carbocycles. The summed E-state index contributed by atoms with van der Waals surface area (Å²) in [7, 11) is 0. The fraction of sp³-hybridized carbons (Fsp3) is 0.579. The van der Waals surface area contributed by atoms with E-state index >= 15 is 0 Å². The number of hydrogen-bond donors (Lipinski definition) is 2. The summed E-state index contributed by atoms with van der Waals surface area (Å²) >= 11 is 0. The van der Waals surface area contributed by atoms with E-state index in [1.54, 1.807) is 13.8 Å². The quantitative estimate of drug-likeness (QED) is 0.815. The van der Waals surface area contributed by atoms with E-state index in [-0.39, 0.29) is 17.9 Å². The summed E-state index contributed by atoms with van der Waals surface area (Å²) in [6, 6.07) is 4.04. The molecule has 1 unspecified atom stereocenters. The van der Waals surface area contributed by atoms with Gasteiger partial charge < -0.3 is 15.4 Å². The van der Waals surface area contributed by atoms with Crippen LogP contribution in [0.5, 0.6) is 0 Å². The smallest absolute Gasteiger partial charge is 0.239 e. The van der Waals surface area contributed by atoms with Crippen LogP contribution in [0.2, 0.25) is 0 Å². The predicted octanol–water partition coefficient (Wildman–Crippen LogP) is 2.87. The molecule has 132 valence electrons. The normalized spacial score (nSPS) is 17.6. The van der Waals surface area contributed by atoms with Gasteiger partial charge in [-0.1, -0.05) is 17.7 Å². The molecular weight excluding hydrogens is 304 g/mol. The summed E-state index contributed by atoms with van der Waals surface area (Å²) in [4.78, 5) is 25.1. The number of benzene rings is 1. The fourth-order valence-corrected chi connectivity index (χ4v) is 2.98. The third-order valence-electron chi connectivity index (χ3n) is 4.57. The molecule has 2 N–H and O–H groups in total. The van der Waals surface area contributed by atoms with Crippen molar-refractivity contribution in [3.63, 3.8) is 0 Å². The molecule has 0 radical (unpaired) electrons. The van der Waals surface area contributed by atoms with Crippen molar-refractivity contribution in [2.45, 2.75) is 53.6 Å². The fourth-order valence-electron chi connectivity index (χ4n) is 2.98. The highest BCUT2D eigenvalue weighted by Gasteiger charge is 2.36. The largest absolute Gasteiger partial charge is 0.376 e. The molecule has 0 saturated carbocycles. The summed E-state index contributed by atoms with van der Waals surface area (Å²) in [5, 5.41) is 5.77. The van der Waals surface area contributed by atoms with E-state index < -0.39 is 5.41 Å². The number of ether oxygens (including phenoxy) is 1. The van der Waals surface area contributed by atoms with Crippen LogP contribution < -0.4 is 10.6 Å². The number of nitrogens with one attached hydrogen (secondary N) is 2. The monoisotopic (exact) mass is 332 g/mol. The molecule has 1 fully saturated rings. The lowest BCUT2D eigenvalue weighted by atomic mass is 9.90. The maximum absolute atomic E-state index is 12.7. The number of rotatable bonds is 5. The lowest BCUT2D eigenvalue weighted by Crippen LogP contribution is -2.47. The molecule has 1 aromatic carbocycles. The molecule has 1 aliphatic rings. The maximum atomic E-state index is 12.7. The zero-order valence-electron chi connectivity index (χ0n) is 15.3. The van der Waals surface area contributed by atoms with Crippen molar-refractivity contribution in [1.82, 2.24) is 5.32 Å². The van der Waals surface area contributed by atoms with Gasteiger partial charge in [-0.05, 0) is 58.6 Å². The minimum absolute atomic E-state index is 0.0643. The Kier molecular flexibility index (Phi) is 5.65. The Labute approximate surface area is 144 Å². The Bertz CT molecular complexity index is 608. The number of aryl methyl sites for hydroxylation is 3. The van der Waals surface area contributed by atoms with Crippen LogP contribution in [0.15, 0.2) is 12.1 Å². The van der Waals surface area contributed by atoms with Gasteiger partial charge in [0.25, 0.3) is 0 Å². The van der Waals surface area contributed by atoms with Crippen molar-refractivity contribution in [3.8, 4) is 0 Å². The van der Waals surface area contributed by atoms with Gasteiger partial charge in [-0.3, -0.25) is 9.59 Å². The molecule has 0 spiro atoms. The first kappa shape index (κ1) is 18.5. The Balaban J connectivity index is 2.02. The maximum Gasteiger partial charge on any atom is 0.239 e. The molecule has 2 rings (SSSR count). The lowest BCUT2D eigenvalue weighted by molar-refractivity contribution is -0.138. The minimum atomic E-state index is -1.15. The molecule has 1 saturated heterocycles. The van der Waals surface area contributed by atoms with Gasteiger partial charge >= 0.3 is 0 Å². The molecule has 2 amide bonds. The number of carbonyl (C=O) groups is 2. The van der Waals surface area contributed by atoms with Crippen LogP contribution in [0.25, 0.3) is 0 Å². The predicted molar refractivity (Wildman–Crippen MR) is 95.0 cm³/mol. The lowest BCUT2D eigenvalue weighted by Gasteiger charge is -2.25. The zero-order chi connectivity index (χ0) is 17.9. The van der Waals surface area contributed by atoms with E-state index in [0.29, 0.717) is 6.54 Å². The first-order valence-corrected chi connectivity index (χ1v) is 8.51. The molecule has 5 heteroatoms. The van der Waals surface area contributed by atoms with E-state index in [9.17, 15) is 9.59 Å². The molecular formula is C19H28N2O3. The van der Waals surface area contributed by atoms with Gasteiger partial charge in [0.05, 0.1) is 6.10 Å². The van der Waals surface area contributed by atoms with Crippen molar-refractivity contribution in [1.29, 1.82) is 0 Å². The molecule has 1 heterocycles. The highest BCUT2D eigenvalue weighted by atomic mass is 16.5. The molecule has 5 nitrogen and oxygen atoms in total. The first-order chi connectivity index (χ1) is 11.2. The average Bonchev–Trinajstić information content (AvgIpc) is 3.01. The Hall–Kier alpha value is -1.88. The van der Waals surface area contributed by atoms with Crippen LogP contribution in [0, 0.1) is 26.2 Å². The van der Waals surface area contributed by atoms with E-state index in [4.69, 9.17) is 4.74 Å². The number of anilines is 1. The summed E-state index contributed by atoms with van der Waals surface area (Å²) in [6.45, 7) is 10.4. The van der Waals surface area contributed by atoms with Crippen LogP contribution in [-0.2, 0) is 14.3 Å². The van der Waals surface area contributed by atoms with Crippen molar-refractivity contribution in [2.24, 2.45) is 5.41 Å². The summed E-state index contributed by atoms with van der Waals surface area (Å²) in [5.74, 6) is -0.583. The average molecular weight is 332 g/mol. The number of amides is 2. The van der Waals surface area contributed by atoms with Gasteiger partial charge in [0.15, 0.2) is 0 Å². The van der Waals surface area contributed by atoms with Gasteiger partial charge in [-0.2, -0.15) is 0 Å². The van der Waals surface area contributed by atoms with Crippen molar-refractivity contribution in [2.75, 3.05) is 18.5 Å². The highest BCUT2D eigenvalue weighted by molar-refractivity contribution is 6.10. The summed E-state index contributed by atoms with van der Waals surface area (Å²) < 4.78 is 5.50. The van der Waals surface area contributed by atoms with Gasteiger partial charge in [0.1, 0.15) is 5.41 Å². The third-order valence-corrected chi connectivity index (χ3v) is 4.57. The molecule has 1 atom stereocenters. The summed E-state index contributed by atoms with van der Waals surface area (Å²) in [5.41, 5.74) is 2.78. The van der Waals surface area contributed by atoms with Crippen molar-refractivity contribution in [3.05, 3.63) is 28.8 Å². The van der Waals surface area contributed by atoms with Gasteiger partial charge in [0.2, 0.25) is 11.8 Å². The molecule has 24 heavy (non-hydrogen) atoms. The van der Waals surface area contributed by atoms with Gasteiger partial charge in [-0.15, -0.1) is 0 Å². The minimum Gasteiger partial charge on any atom is -0.376 e. The van der Waals surface area contributed by atoms with Crippen LogP contribution in [0.1, 0.15) is 43.4 Å². The van der Waals surface area contributed by atoms with Crippen LogP contribution in [0.4, 0.5) is 5.69 Å². The molecule has 1 aromatic rings. The van der Waals surface area contributed by atoms with Crippen LogP contribution in [0.3, 0.4) is 0 Å². The molecule has 0 aromatic heterocycles. The highest BCUT2D eigenvalue weighted by Crippen LogP contribution is 2.25. The first-order valence-electron chi connectivity index (χ1n) is 8.51. The second-order valence-corrected chi connectivity index (χ2v) is 7.20. The van der Waals surface area contributed by atoms with Crippen LogP contribution >= 0.6 is 0 Å². The zero-order valence-corrected chi connectivity index (χ0v) is 15.3. The Morgan fingerprint density at radius 2 is 1.79 bits per heavy atom. The van der Waals surface area contributed by atoms with E-state index in [2.05, 4.69) is 10.6 Å². The SMILES string of the molecule is Cc1cc(C)c(NC(=O)C(C)(C)C(=O)NCC2CCCO2)c(C)c1. The van der Waals surface area contributed by atoms with Crippen molar-refractivity contribution >= 4 is 17.5 Å². The molecule has 1 aliphatic heterocycles. The second kappa shape index (κ2) is 7.34. The second-order valence-electron chi connectivity index (χ2n) is 7.20. The van der Waals surface area contributed by atoms with Gasteiger partial charge in [0, 0.05) is 18.8 Å².